The number of pyridine rings is 1. The number of hydrogen-bond acceptors (Lipinski definition) is 6. The molecule has 10 nitrogen and oxygen atoms in total. The van der Waals surface area contributed by atoms with Crippen molar-refractivity contribution < 1.29 is 37.8 Å². The van der Waals surface area contributed by atoms with Gasteiger partial charge in [0.15, 0.2) is 0 Å². The molecule has 0 spiro atoms. The Kier molecular flexibility index (Phi) is 10.5. The van der Waals surface area contributed by atoms with Gasteiger partial charge in [0.05, 0.1) is 11.3 Å². The molecule has 232 valence electrons. The number of aromatic carboxylic acids is 1. The molecule has 4 N–H and O–H groups in total. The van der Waals surface area contributed by atoms with Crippen LogP contribution in [0.2, 0.25) is 0 Å². The molecule has 13 heteroatoms. The Hall–Kier alpha value is -5.17. The normalized spacial score (nSPS) is 11.1. The van der Waals surface area contributed by atoms with Gasteiger partial charge in [0.2, 0.25) is 5.91 Å². The molecule has 1 amide bonds. The second kappa shape index (κ2) is 13.9. The highest BCUT2D eigenvalue weighted by Crippen LogP contribution is 2.40. The third-order valence-electron chi connectivity index (χ3n) is 6.59. The van der Waals surface area contributed by atoms with Gasteiger partial charge in [-0.2, -0.15) is 13.2 Å². The number of nitrogens with one attached hydrogen (secondary N) is 2. The van der Waals surface area contributed by atoms with E-state index in [1.54, 1.807) is 6.07 Å². The number of likely N-dealkylation sites (N-methyl/N-ethyl adjacent to an activating group) is 2. The summed E-state index contributed by atoms with van der Waals surface area (Å²) in [5.41, 5.74) is 6.72. The lowest BCUT2D eigenvalue weighted by atomic mass is 9.96. The van der Waals surface area contributed by atoms with E-state index < -0.39 is 18.1 Å². The molecule has 2 aromatic carbocycles. The number of H-pyrrole nitrogens is 1. The van der Waals surface area contributed by atoms with Crippen LogP contribution in [0.15, 0.2) is 67.4 Å². The van der Waals surface area contributed by atoms with Crippen molar-refractivity contribution in [3.05, 3.63) is 78.5 Å². The molecule has 0 saturated heterocycles. The second-order valence-corrected chi connectivity index (χ2v) is 10.1. The van der Waals surface area contributed by atoms with Crippen LogP contribution >= 0.6 is 0 Å². The van der Waals surface area contributed by atoms with Crippen molar-refractivity contribution in [1.29, 1.82) is 0 Å². The molecule has 2 heterocycles. The molecule has 0 saturated carbocycles. The van der Waals surface area contributed by atoms with Crippen LogP contribution < -0.4 is 10.2 Å². The quantitative estimate of drug-likeness (QED) is 0.178. The number of rotatable bonds is 9. The summed E-state index contributed by atoms with van der Waals surface area (Å²) in [6.07, 6.45) is -2.51. The molecular formula is C31H32F3N5O5. The summed E-state index contributed by atoms with van der Waals surface area (Å²) in [5.74, 6) is -4.10. The van der Waals surface area contributed by atoms with Gasteiger partial charge in [-0.05, 0) is 68.1 Å². The summed E-state index contributed by atoms with van der Waals surface area (Å²) in [5, 5.41) is 20.2. The van der Waals surface area contributed by atoms with Gasteiger partial charge in [0.25, 0.3) is 0 Å². The number of benzene rings is 2. The van der Waals surface area contributed by atoms with Gasteiger partial charge in [-0.15, -0.1) is 0 Å². The zero-order chi connectivity index (χ0) is 32.8. The Morgan fingerprint density at radius 3 is 2.16 bits per heavy atom. The predicted molar refractivity (Wildman–Crippen MR) is 163 cm³/mol. The van der Waals surface area contributed by atoms with Crippen molar-refractivity contribution in [3.63, 3.8) is 0 Å². The Morgan fingerprint density at radius 2 is 1.61 bits per heavy atom. The molecule has 0 aliphatic rings. The standard InChI is InChI=1S/C29H31N5O3.C2HF3O2/c1-6-25(35)31-24-16-20(8-7-18(24)2)26-23-15-21(29(36)37)17-30-28(23)32-27(26)19-9-11-22(12-10-19)34(5)14-13-33(3)4;3-2(4,5)1(6)7/h6-12,15-17H,1,13-14H2,2-5H3,(H,30,32)(H,31,35)(H,36,37);(H,6,7). The molecule has 0 atom stereocenters. The van der Waals surface area contributed by atoms with E-state index in [1.165, 1.54) is 12.3 Å². The van der Waals surface area contributed by atoms with E-state index in [-0.39, 0.29) is 11.5 Å². The number of alkyl halides is 3. The highest BCUT2D eigenvalue weighted by Gasteiger charge is 2.38. The van der Waals surface area contributed by atoms with E-state index >= 15 is 0 Å². The summed E-state index contributed by atoms with van der Waals surface area (Å²) in [4.78, 5) is 44.7. The number of anilines is 2. The van der Waals surface area contributed by atoms with Crippen molar-refractivity contribution in [2.24, 2.45) is 0 Å². The number of carboxylic acids is 2. The molecule has 0 unspecified atom stereocenters. The first-order valence-electron chi connectivity index (χ1n) is 13.2. The first-order chi connectivity index (χ1) is 20.6. The molecule has 2 aromatic heterocycles. The SMILES string of the molecule is C=CC(=O)Nc1cc(-c2c(-c3ccc(N(C)CCN(C)C)cc3)[nH]c3ncc(C(=O)O)cc23)ccc1C.O=C(O)C(F)(F)F. The van der Waals surface area contributed by atoms with Crippen molar-refractivity contribution in [1.82, 2.24) is 14.9 Å². The first kappa shape index (κ1) is 33.3. The molecule has 44 heavy (non-hydrogen) atoms. The fraction of sp³-hybridized carbons (Fsp3) is 0.226. The Balaban J connectivity index is 0.000000676. The van der Waals surface area contributed by atoms with Crippen LogP contribution in [0.3, 0.4) is 0 Å². The first-order valence-corrected chi connectivity index (χ1v) is 13.2. The van der Waals surface area contributed by atoms with E-state index in [9.17, 15) is 27.9 Å². The van der Waals surface area contributed by atoms with Gasteiger partial charge < -0.3 is 30.3 Å². The molecule has 4 rings (SSSR count). The number of carbonyl (C=O) groups is 3. The number of amides is 1. The number of hydrogen-bond donors (Lipinski definition) is 4. The van der Waals surface area contributed by atoms with Gasteiger partial charge in [-0.25, -0.2) is 14.6 Å². The van der Waals surface area contributed by atoms with Crippen molar-refractivity contribution in [2.45, 2.75) is 13.1 Å². The van der Waals surface area contributed by atoms with Crippen LogP contribution in [0.25, 0.3) is 33.4 Å². The number of carboxylic acid groups (broad SMARTS) is 2. The van der Waals surface area contributed by atoms with Crippen LogP contribution in [0, 0.1) is 6.92 Å². The van der Waals surface area contributed by atoms with Gasteiger partial charge >= 0.3 is 18.1 Å². The fourth-order valence-electron chi connectivity index (χ4n) is 4.16. The number of aryl methyl sites for hydroxylation is 1. The zero-order valence-electron chi connectivity index (χ0n) is 24.5. The second-order valence-electron chi connectivity index (χ2n) is 10.1. The molecule has 0 aliphatic heterocycles. The van der Waals surface area contributed by atoms with Gasteiger partial charge in [0.1, 0.15) is 5.65 Å². The number of halogens is 3. The van der Waals surface area contributed by atoms with Gasteiger partial charge in [0, 0.05) is 48.7 Å². The monoisotopic (exact) mass is 611 g/mol. The summed E-state index contributed by atoms with van der Waals surface area (Å²) in [7, 11) is 6.17. The minimum atomic E-state index is -5.08. The largest absolute Gasteiger partial charge is 0.490 e. The fourth-order valence-corrected chi connectivity index (χ4v) is 4.16. The number of aromatic amines is 1. The Bertz CT molecular complexity index is 1680. The van der Waals surface area contributed by atoms with Crippen LogP contribution in [-0.4, -0.2) is 83.3 Å². The van der Waals surface area contributed by atoms with Crippen molar-refractivity contribution in [3.8, 4) is 22.4 Å². The maximum atomic E-state index is 12.0. The molecule has 0 bridgehead atoms. The zero-order valence-corrected chi connectivity index (χ0v) is 24.5. The molecular weight excluding hydrogens is 579 g/mol. The summed E-state index contributed by atoms with van der Waals surface area (Å²) in [6.45, 7) is 7.29. The average Bonchev–Trinajstić information content (AvgIpc) is 3.35. The summed E-state index contributed by atoms with van der Waals surface area (Å²) in [6, 6.07) is 15.6. The maximum Gasteiger partial charge on any atom is 0.490 e. The lowest BCUT2D eigenvalue weighted by Crippen LogP contribution is -2.28. The highest BCUT2D eigenvalue weighted by atomic mass is 19.4. The molecule has 0 radical (unpaired) electrons. The predicted octanol–water partition coefficient (Wildman–Crippen LogP) is 5.66. The van der Waals surface area contributed by atoms with E-state index in [0.29, 0.717) is 16.7 Å². The van der Waals surface area contributed by atoms with Crippen LogP contribution in [0.5, 0.6) is 0 Å². The Morgan fingerprint density at radius 1 is 1.00 bits per heavy atom. The minimum Gasteiger partial charge on any atom is -0.478 e. The van der Waals surface area contributed by atoms with Crippen molar-refractivity contribution >= 4 is 40.3 Å². The topological polar surface area (TPSA) is 139 Å². The third-order valence-corrected chi connectivity index (χ3v) is 6.59. The van der Waals surface area contributed by atoms with E-state index in [4.69, 9.17) is 9.90 Å². The van der Waals surface area contributed by atoms with Crippen LogP contribution in [0.1, 0.15) is 15.9 Å². The lowest BCUT2D eigenvalue weighted by Gasteiger charge is -2.21. The van der Waals surface area contributed by atoms with Crippen LogP contribution in [-0.2, 0) is 9.59 Å². The Labute approximate surface area is 251 Å². The number of aromatic nitrogens is 2. The highest BCUT2D eigenvalue weighted by molar-refractivity contribution is 6.06. The van der Waals surface area contributed by atoms with E-state index in [1.807, 2.05) is 37.3 Å². The number of carbonyl (C=O) groups excluding carboxylic acids is 1. The lowest BCUT2D eigenvalue weighted by molar-refractivity contribution is -0.192. The van der Waals surface area contributed by atoms with Gasteiger partial charge in [-0.1, -0.05) is 30.8 Å². The minimum absolute atomic E-state index is 0.101. The number of fused-ring (bicyclic) bond motifs is 1. The average molecular weight is 612 g/mol. The number of nitrogens with zero attached hydrogens (tertiary/aromatic N) is 3. The van der Waals surface area contributed by atoms with Crippen LogP contribution in [0.4, 0.5) is 24.5 Å². The van der Waals surface area contributed by atoms with Crippen molar-refractivity contribution in [2.75, 3.05) is 44.4 Å². The van der Waals surface area contributed by atoms with Gasteiger partial charge in [-0.3, -0.25) is 4.79 Å². The van der Waals surface area contributed by atoms with E-state index in [2.05, 4.69) is 64.9 Å². The molecule has 0 fully saturated rings. The summed E-state index contributed by atoms with van der Waals surface area (Å²) < 4.78 is 31.7. The summed E-state index contributed by atoms with van der Waals surface area (Å²) >= 11 is 0. The smallest absolute Gasteiger partial charge is 0.478 e. The van der Waals surface area contributed by atoms with E-state index in [0.717, 1.165) is 46.7 Å². The maximum absolute atomic E-state index is 12.0. The molecule has 0 aliphatic carbocycles. The number of aliphatic carboxylic acids is 1. The molecule has 4 aromatic rings. The third kappa shape index (κ3) is 8.22.